The molecule has 0 atom stereocenters. The van der Waals surface area contributed by atoms with Gasteiger partial charge in [0.2, 0.25) is 0 Å². The monoisotopic (exact) mass is 205 g/mol. The van der Waals surface area contributed by atoms with Gasteiger partial charge in [-0.2, -0.15) is 8.42 Å². The van der Waals surface area contributed by atoms with E-state index in [1.165, 1.54) is 0 Å². The van der Waals surface area contributed by atoms with Gasteiger partial charge in [0.05, 0.1) is 5.75 Å². The van der Waals surface area contributed by atoms with Crippen molar-refractivity contribution in [3.8, 4) is 0 Å². The van der Waals surface area contributed by atoms with Gasteiger partial charge in [-0.15, -0.1) is 0 Å². The Hall–Kier alpha value is 0.830. The van der Waals surface area contributed by atoms with Crippen molar-refractivity contribution >= 4 is 39.7 Å². The van der Waals surface area contributed by atoms with E-state index in [9.17, 15) is 8.42 Å². The fraction of sp³-hybridized carbons (Fsp3) is 1.00. The molecule has 0 fully saturated rings. The van der Waals surface area contributed by atoms with Gasteiger partial charge in [0, 0.05) is 42.6 Å². The molecule has 0 rings (SSSR count). The molecule has 0 aromatic carbocycles. The van der Waals surface area contributed by atoms with Crippen LogP contribution in [0.25, 0.3) is 0 Å². The molecule has 0 aliphatic rings. The Kier molecular flexibility index (Phi) is 10.8. The van der Waals surface area contributed by atoms with Crippen LogP contribution in [0.4, 0.5) is 0 Å². The van der Waals surface area contributed by atoms with Crippen LogP contribution in [-0.2, 0) is 10.1 Å². The van der Waals surface area contributed by atoms with E-state index in [2.05, 4.69) is 5.32 Å². The molecule has 7 heteroatoms. The smallest absolute Gasteiger partial charge is 0.264 e. The predicted molar refractivity (Wildman–Crippen MR) is 48.7 cm³/mol. The van der Waals surface area contributed by atoms with Gasteiger partial charge in [-0.3, -0.25) is 4.55 Å². The van der Waals surface area contributed by atoms with Crippen LogP contribution in [0.2, 0.25) is 0 Å². The van der Waals surface area contributed by atoms with E-state index in [1.807, 2.05) is 0 Å². The summed E-state index contributed by atoms with van der Waals surface area (Å²) in [5.74, 6) is -0.190. The van der Waals surface area contributed by atoms with Crippen molar-refractivity contribution in [3.63, 3.8) is 0 Å². The standard InChI is InChI=1S/C5H14N2O3S.Na/c6-2-4-7-3-1-5-11(8,9)10;/h7H,1-6H2,(H,8,9,10);. The summed E-state index contributed by atoms with van der Waals surface area (Å²) in [6.07, 6.45) is 0.416. The molecule has 0 aliphatic carbocycles. The first-order valence-corrected chi connectivity index (χ1v) is 5.03. The molecule has 4 N–H and O–H groups in total. The van der Waals surface area contributed by atoms with Crippen LogP contribution < -0.4 is 11.1 Å². The molecule has 0 amide bonds. The normalized spacial score (nSPS) is 10.8. The Bertz CT molecular complexity index is 183. The summed E-state index contributed by atoms with van der Waals surface area (Å²) < 4.78 is 28.6. The molecule has 0 saturated heterocycles. The molecule has 0 aromatic rings. The molecule has 0 aromatic heterocycles. The molecule has 0 bridgehead atoms. The summed E-state index contributed by atoms with van der Waals surface area (Å²) in [6, 6.07) is 0. The fourth-order valence-corrected chi connectivity index (χ4v) is 1.12. The summed E-state index contributed by atoms with van der Waals surface area (Å²) in [6.45, 7) is 1.77. The summed E-state index contributed by atoms with van der Waals surface area (Å²) in [7, 11) is -3.78. The van der Waals surface area contributed by atoms with E-state index < -0.39 is 10.1 Å². The van der Waals surface area contributed by atoms with Crippen LogP contribution in [0, 0.1) is 0 Å². The van der Waals surface area contributed by atoms with Gasteiger partial charge in [-0.25, -0.2) is 0 Å². The van der Waals surface area contributed by atoms with Gasteiger partial charge in [-0.1, -0.05) is 0 Å². The van der Waals surface area contributed by atoms with Crippen LogP contribution in [0.5, 0.6) is 0 Å². The largest absolute Gasteiger partial charge is 0.329 e. The SMILES string of the molecule is NCCNCCCS(=O)(=O)O.[Na]. The molecular weight excluding hydrogens is 191 g/mol. The predicted octanol–water partition coefficient (Wildman–Crippen LogP) is -1.57. The second kappa shape index (κ2) is 8.43. The topological polar surface area (TPSA) is 92.4 Å². The number of rotatable bonds is 6. The minimum atomic E-state index is -3.78. The average molecular weight is 205 g/mol. The Morgan fingerprint density at radius 1 is 1.33 bits per heavy atom. The maximum atomic E-state index is 10.2. The number of nitrogens with two attached hydrogens (primary N) is 1. The second-order valence-electron chi connectivity index (χ2n) is 2.18. The number of nitrogens with one attached hydrogen (secondary N) is 1. The van der Waals surface area contributed by atoms with E-state index in [1.54, 1.807) is 0 Å². The Morgan fingerprint density at radius 2 is 1.92 bits per heavy atom. The van der Waals surface area contributed by atoms with E-state index >= 15 is 0 Å². The van der Waals surface area contributed by atoms with Crippen molar-refractivity contribution < 1.29 is 13.0 Å². The maximum absolute atomic E-state index is 10.2. The molecule has 0 heterocycles. The third kappa shape index (κ3) is 13.4. The quantitative estimate of drug-likeness (QED) is 0.277. The van der Waals surface area contributed by atoms with Crippen LogP contribution >= 0.6 is 0 Å². The van der Waals surface area contributed by atoms with Gasteiger partial charge in [0.25, 0.3) is 10.1 Å². The van der Waals surface area contributed by atoms with E-state index in [4.69, 9.17) is 10.3 Å². The first-order valence-electron chi connectivity index (χ1n) is 3.42. The van der Waals surface area contributed by atoms with Crippen LogP contribution in [0.3, 0.4) is 0 Å². The summed E-state index contributed by atoms with van der Waals surface area (Å²) >= 11 is 0. The van der Waals surface area contributed by atoms with Gasteiger partial charge in [-0.05, 0) is 13.0 Å². The van der Waals surface area contributed by atoms with Crippen molar-refractivity contribution in [3.05, 3.63) is 0 Å². The summed E-state index contributed by atoms with van der Waals surface area (Å²) in [4.78, 5) is 0. The molecule has 0 aliphatic heterocycles. The van der Waals surface area contributed by atoms with Crippen molar-refractivity contribution in [1.29, 1.82) is 0 Å². The van der Waals surface area contributed by atoms with Gasteiger partial charge in [0.15, 0.2) is 0 Å². The molecule has 0 unspecified atom stereocenters. The molecule has 0 spiro atoms. The van der Waals surface area contributed by atoms with Gasteiger partial charge in [0.1, 0.15) is 0 Å². The van der Waals surface area contributed by atoms with Crippen molar-refractivity contribution in [2.75, 3.05) is 25.4 Å². The Morgan fingerprint density at radius 3 is 2.33 bits per heavy atom. The van der Waals surface area contributed by atoms with Crippen LogP contribution in [-0.4, -0.2) is 67.9 Å². The third-order valence-corrected chi connectivity index (χ3v) is 1.88. The zero-order valence-corrected chi connectivity index (χ0v) is 10.1. The number of hydrogen-bond donors (Lipinski definition) is 3. The fourth-order valence-electron chi connectivity index (χ4n) is 0.607. The van der Waals surface area contributed by atoms with Crippen LogP contribution in [0.1, 0.15) is 6.42 Å². The maximum Gasteiger partial charge on any atom is 0.264 e. The van der Waals surface area contributed by atoms with Crippen LogP contribution in [0.15, 0.2) is 0 Å². The minimum absolute atomic E-state index is 0. The molecule has 1 radical (unpaired) electrons. The van der Waals surface area contributed by atoms with E-state index in [-0.39, 0.29) is 35.3 Å². The number of hydrogen-bond acceptors (Lipinski definition) is 4. The van der Waals surface area contributed by atoms with Crippen molar-refractivity contribution in [2.45, 2.75) is 6.42 Å². The van der Waals surface area contributed by atoms with Crippen molar-refractivity contribution in [2.24, 2.45) is 5.73 Å². The summed E-state index contributed by atoms with van der Waals surface area (Å²) in [5, 5.41) is 2.91. The molecule has 5 nitrogen and oxygen atoms in total. The van der Waals surface area contributed by atoms with E-state index in [0.717, 1.165) is 0 Å². The zero-order valence-electron chi connectivity index (χ0n) is 7.28. The third-order valence-electron chi connectivity index (χ3n) is 1.08. The minimum Gasteiger partial charge on any atom is -0.329 e. The zero-order chi connectivity index (χ0) is 8.74. The Balaban J connectivity index is 0. The Labute approximate surface area is 95.1 Å². The van der Waals surface area contributed by atoms with Gasteiger partial charge >= 0.3 is 0 Å². The summed E-state index contributed by atoms with van der Waals surface area (Å²) in [5.41, 5.74) is 5.17. The first-order chi connectivity index (χ1) is 5.06. The molecule has 12 heavy (non-hydrogen) atoms. The molecule has 0 saturated carbocycles. The van der Waals surface area contributed by atoms with Crippen molar-refractivity contribution in [1.82, 2.24) is 5.32 Å². The molecule has 69 valence electrons. The first kappa shape index (κ1) is 15.3. The molecular formula is C5H14N2NaO3S. The van der Waals surface area contributed by atoms with E-state index in [0.29, 0.717) is 26.1 Å². The second-order valence-corrected chi connectivity index (χ2v) is 3.75. The van der Waals surface area contributed by atoms with Gasteiger partial charge < -0.3 is 11.1 Å². The average Bonchev–Trinajstić information content (AvgIpc) is 1.85.